The number of benzene rings is 2. The lowest BCUT2D eigenvalue weighted by Crippen LogP contribution is -2.58. The summed E-state index contributed by atoms with van der Waals surface area (Å²) in [6, 6.07) is 13.3. The van der Waals surface area contributed by atoms with Crippen LogP contribution in [0.4, 0.5) is 0 Å². The second-order valence-corrected chi connectivity index (χ2v) is 17.4. The summed E-state index contributed by atoms with van der Waals surface area (Å²) >= 11 is 0. The molecule has 75 heavy (non-hydrogen) atoms. The topological polar surface area (TPSA) is 291 Å². The SMILES string of the molecule is C#CCN(CC(=O)N(CCOC)CC(=O)NC(CO)C(=O)NC(Cc1ccccc1)C(=O)NC(C)C(N)=O)C(=O)CN(CCC)C(=O)CN(CC=C)C(=O)CN(CCOC)C(=O)CN(C(C)=O)C(C)c1ccccc1. The summed E-state index contributed by atoms with van der Waals surface area (Å²) in [6.07, 6.45) is 7.37. The van der Waals surface area contributed by atoms with Crippen LogP contribution in [0.1, 0.15) is 51.3 Å². The highest BCUT2D eigenvalue weighted by Gasteiger charge is 2.32. The first-order valence-corrected chi connectivity index (χ1v) is 24.3. The van der Waals surface area contributed by atoms with Gasteiger partial charge < -0.3 is 65.7 Å². The number of ether oxygens (including phenoxy) is 2. The zero-order valence-corrected chi connectivity index (χ0v) is 43.9. The van der Waals surface area contributed by atoms with Crippen molar-refractivity contribution >= 4 is 59.1 Å². The van der Waals surface area contributed by atoms with Crippen LogP contribution in [0.2, 0.25) is 0 Å². The van der Waals surface area contributed by atoms with Crippen molar-refractivity contribution in [2.75, 3.05) is 106 Å². The minimum Gasteiger partial charge on any atom is -0.394 e. The predicted octanol–water partition coefficient (Wildman–Crippen LogP) is -1.54. The number of methoxy groups -OCH3 is 2. The lowest BCUT2D eigenvalue weighted by molar-refractivity contribution is -0.148. The number of nitrogens with two attached hydrogens (primary N) is 1. The van der Waals surface area contributed by atoms with Crippen molar-refractivity contribution in [3.8, 4) is 12.3 Å². The van der Waals surface area contributed by atoms with Crippen molar-refractivity contribution in [1.29, 1.82) is 0 Å². The normalized spacial score (nSPS) is 12.2. The van der Waals surface area contributed by atoms with Crippen molar-refractivity contribution in [3.63, 3.8) is 0 Å². The van der Waals surface area contributed by atoms with E-state index in [2.05, 4.69) is 28.4 Å². The van der Waals surface area contributed by atoms with Crippen LogP contribution in [0.3, 0.4) is 0 Å². The molecule has 0 heterocycles. The molecule has 4 atom stereocenters. The van der Waals surface area contributed by atoms with Gasteiger partial charge in [0, 0.05) is 53.7 Å². The average molecular weight is 1050 g/mol. The fourth-order valence-corrected chi connectivity index (χ4v) is 7.36. The Morgan fingerprint density at radius 1 is 0.680 bits per heavy atom. The van der Waals surface area contributed by atoms with Gasteiger partial charge in [0.05, 0.1) is 52.0 Å². The van der Waals surface area contributed by atoms with Crippen LogP contribution in [0.15, 0.2) is 73.3 Å². The fraction of sp³-hybridized carbons (Fsp3) is 0.500. The van der Waals surface area contributed by atoms with Crippen molar-refractivity contribution in [2.45, 2.75) is 64.7 Å². The Hall–Kier alpha value is -7.68. The van der Waals surface area contributed by atoms with Gasteiger partial charge in [-0.15, -0.1) is 13.0 Å². The molecule has 23 nitrogen and oxygen atoms in total. The maximum Gasteiger partial charge on any atom is 0.245 e. The van der Waals surface area contributed by atoms with Crippen LogP contribution in [-0.4, -0.2) is 218 Å². The number of amides is 10. The van der Waals surface area contributed by atoms with Gasteiger partial charge in [-0.25, -0.2) is 0 Å². The van der Waals surface area contributed by atoms with E-state index in [-0.39, 0.29) is 64.8 Å². The van der Waals surface area contributed by atoms with Crippen LogP contribution in [0.5, 0.6) is 0 Å². The fourth-order valence-electron chi connectivity index (χ4n) is 7.36. The Balaban J connectivity index is 2.23. The van der Waals surface area contributed by atoms with Crippen LogP contribution in [0.25, 0.3) is 0 Å². The number of carbonyl (C=O) groups is 10. The standard InChI is InChI=1S/C52H74N10O13/c1-9-22-57(45(66)32-58(23-10-2)47(68)34-61(26-28-75-8)49(70)35-62(39(6)64)38(5)41-20-16-13-17-21-41)31-46(67)59(24-11-3)33-48(69)60(25-27-74-7)30-44(65)55-43(36-63)52(73)56-42(29-40-18-14-12-15-19-40)51(72)54-37(4)50(53)71/h3,10,12-21,37-38,42-43,63H,2,9,22-36H2,1,4-8H3,(H2,53,71)(H,54,72)(H,55,65)(H,56,73). The molecule has 0 radical (unpaired) electrons. The van der Waals surface area contributed by atoms with E-state index in [1.807, 2.05) is 30.3 Å². The zero-order valence-electron chi connectivity index (χ0n) is 43.9. The second kappa shape index (κ2) is 33.9. The van der Waals surface area contributed by atoms with Crippen LogP contribution in [-0.2, 0) is 63.8 Å². The average Bonchev–Trinajstić information content (AvgIpc) is 3.38. The van der Waals surface area contributed by atoms with Gasteiger partial charge in [0.1, 0.15) is 37.8 Å². The van der Waals surface area contributed by atoms with E-state index in [9.17, 15) is 53.1 Å². The smallest absolute Gasteiger partial charge is 0.245 e. The number of terminal acetylenes is 1. The monoisotopic (exact) mass is 1050 g/mol. The van der Waals surface area contributed by atoms with E-state index in [0.29, 0.717) is 12.0 Å². The maximum atomic E-state index is 14.0. The van der Waals surface area contributed by atoms with Gasteiger partial charge in [-0.3, -0.25) is 47.9 Å². The molecule has 0 saturated carbocycles. The van der Waals surface area contributed by atoms with Crippen molar-refractivity contribution in [1.82, 2.24) is 45.3 Å². The first kappa shape index (κ1) is 63.4. The predicted molar refractivity (Wildman–Crippen MR) is 276 cm³/mol. The molecule has 0 aliphatic carbocycles. The number of carbonyl (C=O) groups excluding carboxylic acids is 10. The molecule has 0 spiro atoms. The third kappa shape index (κ3) is 22.1. The highest BCUT2D eigenvalue weighted by Crippen LogP contribution is 2.20. The number of primary amides is 1. The summed E-state index contributed by atoms with van der Waals surface area (Å²) in [6.45, 7) is 5.21. The van der Waals surface area contributed by atoms with E-state index < -0.39 is 117 Å². The van der Waals surface area contributed by atoms with Crippen LogP contribution in [0, 0.1) is 12.3 Å². The van der Waals surface area contributed by atoms with E-state index in [1.54, 1.807) is 44.2 Å². The zero-order chi connectivity index (χ0) is 56.0. The minimum absolute atomic E-state index is 0.00494. The Kier molecular flexibility index (Phi) is 28.7. The number of nitrogens with zero attached hydrogens (tertiary/aromatic N) is 6. The molecule has 2 rings (SSSR count). The van der Waals surface area contributed by atoms with Crippen molar-refractivity contribution in [2.24, 2.45) is 5.73 Å². The minimum atomic E-state index is -1.61. The molecule has 0 bridgehead atoms. The Labute approximate surface area is 439 Å². The third-order valence-corrected chi connectivity index (χ3v) is 11.7. The molecular formula is C52H74N10O13. The lowest BCUT2D eigenvalue weighted by atomic mass is 10.0. The first-order chi connectivity index (χ1) is 35.7. The molecule has 2 aromatic rings. The van der Waals surface area contributed by atoms with E-state index in [4.69, 9.17) is 21.6 Å². The van der Waals surface area contributed by atoms with E-state index in [0.717, 1.165) is 15.4 Å². The van der Waals surface area contributed by atoms with E-state index in [1.165, 1.54) is 53.7 Å². The van der Waals surface area contributed by atoms with Gasteiger partial charge in [-0.2, -0.15) is 0 Å². The molecule has 0 aromatic heterocycles. The molecule has 6 N–H and O–H groups in total. The maximum absolute atomic E-state index is 14.0. The molecule has 0 aliphatic rings. The molecule has 2 aromatic carbocycles. The number of rotatable bonds is 34. The summed E-state index contributed by atoms with van der Waals surface area (Å²) in [7, 11) is 2.78. The number of hydrogen-bond donors (Lipinski definition) is 5. The molecule has 0 aliphatic heterocycles. The van der Waals surface area contributed by atoms with Crippen molar-refractivity contribution < 1.29 is 62.5 Å². The molecule has 0 fully saturated rings. The molecular weight excluding hydrogens is 973 g/mol. The molecule has 23 heteroatoms. The quantitative estimate of drug-likeness (QED) is 0.0393. The first-order valence-electron chi connectivity index (χ1n) is 24.3. The highest BCUT2D eigenvalue weighted by molar-refractivity contribution is 5.96. The molecule has 0 saturated heterocycles. The number of hydrogen-bond acceptors (Lipinski definition) is 13. The summed E-state index contributed by atoms with van der Waals surface area (Å²) in [5, 5.41) is 17.4. The summed E-state index contributed by atoms with van der Waals surface area (Å²) in [5.74, 6) is -4.80. The van der Waals surface area contributed by atoms with Crippen molar-refractivity contribution in [3.05, 3.63) is 84.4 Å². The number of aliphatic hydroxyl groups excluding tert-OH is 1. The molecule has 410 valence electrons. The Bertz CT molecular complexity index is 2280. The van der Waals surface area contributed by atoms with Gasteiger partial charge in [-0.1, -0.05) is 79.6 Å². The van der Waals surface area contributed by atoms with Gasteiger partial charge in [0.25, 0.3) is 0 Å². The number of aliphatic hydroxyl groups is 1. The number of nitrogens with one attached hydrogen (secondary N) is 3. The van der Waals surface area contributed by atoms with E-state index >= 15 is 0 Å². The van der Waals surface area contributed by atoms with Gasteiger partial charge in [0.15, 0.2) is 0 Å². The summed E-state index contributed by atoms with van der Waals surface area (Å²) < 4.78 is 10.3. The van der Waals surface area contributed by atoms with Crippen LogP contribution >= 0.6 is 0 Å². The van der Waals surface area contributed by atoms with Gasteiger partial charge in [0.2, 0.25) is 59.1 Å². The Morgan fingerprint density at radius 2 is 1.16 bits per heavy atom. The highest BCUT2D eigenvalue weighted by atomic mass is 16.5. The molecule has 4 unspecified atom stereocenters. The summed E-state index contributed by atoms with van der Waals surface area (Å²) in [5.41, 5.74) is 6.75. The van der Waals surface area contributed by atoms with Crippen LogP contribution < -0.4 is 21.7 Å². The van der Waals surface area contributed by atoms with Gasteiger partial charge in [-0.05, 0) is 31.4 Å². The lowest BCUT2D eigenvalue weighted by Gasteiger charge is -2.32. The molecule has 10 amide bonds. The van der Waals surface area contributed by atoms with Gasteiger partial charge >= 0.3 is 0 Å². The third-order valence-electron chi connectivity index (χ3n) is 11.7. The second-order valence-electron chi connectivity index (χ2n) is 17.4. The Morgan fingerprint density at radius 3 is 1.67 bits per heavy atom. The summed E-state index contributed by atoms with van der Waals surface area (Å²) in [4.78, 5) is 141. The largest absolute Gasteiger partial charge is 0.394 e.